The van der Waals surface area contributed by atoms with Crippen LogP contribution in [0.4, 0.5) is 4.39 Å². The summed E-state index contributed by atoms with van der Waals surface area (Å²) in [5, 5.41) is 0. The topological polar surface area (TPSA) is 9.23 Å². The van der Waals surface area contributed by atoms with Gasteiger partial charge in [0.1, 0.15) is 5.75 Å². The highest BCUT2D eigenvalue weighted by Crippen LogP contribution is 2.42. The number of benzene rings is 1. The molecule has 0 aromatic heterocycles. The molecule has 1 aromatic rings. The van der Waals surface area contributed by atoms with Crippen LogP contribution in [0.5, 0.6) is 5.75 Å². The summed E-state index contributed by atoms with van der Waals surface area (Å²) in [6.45, 7) is 1.56. The first kappa shape index (κ1) is 17.5. The maximum atomic E-state index is 12.2. The van der Waals surface area contributed by atoms with Crippen LogP contribution in [0.15, 0.2) is 30.3 Å². The van der Waals surface area contributed by atoms with E-state index < -0.39 is 6.86 Å². The van der Waals surface area contributed by atoms with Gasteiger partial charge in [0.2, 0.25) is 6.86 Å². The summed E-state index contributed by atoms with van der Waals surface area (Å²) in [6, 6.07) is 7.87. The number of alkyl halides is 1. The van der Waals surface area contributed by atoms with E-state index in [-0.39, 0.29) is 0 Å². The SMILES string of the molecule is CCCC1CCC(C2CC=C(c3ccc(OCF)cc3)CC2)CC1. The van der Waals surface area contributed by atoms with Gasteiger partial charge in [-0.1, -0.05) is 50.8 Å². The van der Waals surface area contributed by atoms with Gasteiger partial charge in [0, 0.05) is 0 Å². The third kappa shape index (κ3) is 4.40. The standard InChI is InChI=1S/C22H31FO/c1-2-3-17-4-6-18(7-5-17)19-8-10-20(11-9-19)21-12-14-22(15-13-21)24-16-23/h10,12-15,17-19H,2-9,11,16H2,1H3. The van der Waals surface area contributed by atoms with Crippen LogP contribution in [0, 0.1) is 17.8 Å². The highest BCUT2D eigenvalue weighted by molar-refractivity contribution is 5.66. The zero-order valence-electron chi connectivity index (χ0n) is 15.0. The second-order valence-electron chi connectivity index (χ2n) is 7.61. The first-order chi connectivity index (χ1) is 11.8. The van der Waals surface area contributed by atoms with Gasteiger partial charge in [-0.2, -0.15) is 0 Å². The Morgan fingerprint density at radius 3 is 2.33 bits per heavy atom. The van der Waals surface area contributed by atoms with E-state index in [1.165, 1.54) is 68.9 Å². The third-order valence-electron chi connectivity index (χ3n) is 6.15. The molecule has 0 N–H and O–H groups in total. The summed E-state index contributed by atoms with van der Waals surface area (Å²) in [7, 11) is 0. The fraction of sp³-hybridized carbons (Fsp3) is 0.636. The molecule has 0 aliphatic heterocycles. The lowest BCUT2D eigenvalue weighted by Gasteiger charge is -2.35. The van der Waals surface area contributed by atoms with Crippen LogP contribution in [-0.2, 0) is 0 Å². The molecule has 1 saturated carbocycles. The average Bonchev–Trinajstić information content (AvgIpc) is 2.64. The summed E-state index contributed by atoms with van der Waals surface area (Å²) in [6.07, 6.45) is 14.8. The largest absolute Gasteiger partial charge is 0.463 e. The van der Waals surface area contributed by atoms with Crippen LogP contribution < -0.4 is 4.74 Å². The van der Waals surface area contributed by atoms with Crippen molar-refractivity contribution in [1.29, 1.82) is 0 Å². The fourth-order valence-corrected chi connectivity index (χ4v) is 4.73. The number of halogens is 1. The average molecular weight is 330 g/mol. The normalized spacial score (nSPS) is 27.6. The minimum atomic E-state index is -0.760. The highest BCUT2D eigenvalue weighted by atomic mass is 19.1. The minimum absolute atomic E-state index is 0.611. The zero-order chi connectivity index (χ0) is 16.8. The van der Waals surface area contributed by atoms with Crippen molar-refractivity contribution in [2.75, 3.05) is 6.86 Å². The van der Waals surface area contributed by atoms with Crippen LogP contribution in [0.1, 0.15) is 70.3 Å². The van der Waals surface area contributed by atoms with Crippen LogP contribution in [0.25, 0.3) is 5.57 Å². The molecule has 2 heteroatoms. The Kier molecular flexibility index (Phi) is 6.34. The number of rotatable bonds is 6. The maximum absolute atomic E-state index is 12.2. The summed E-state index contributed by atoms with van der Waals surface area (Å²) >= 11 is 0. The lowest BCUT2D eigenvalue weighted by molar-refractivity contribution is 0.189. The monoisotopic (exact) mass is 330 g/mol. The molecule has 1 fully saturated rings. The second kappa shape index (κ2) is 8.69. The summed E-state index contributed by atoms with van der Waals surface area (Å²) in [4.78, 5) is 0. The molecule has 3 rings (SSSR count). The number of hydrogen-bond acceptors (Lipinski definition) is 1. The van der Waals surface area contributed by atoms with Gasteiger partial charge in [0.25, 0.3) is 0 Å². The minimum Gasteiger partial charge on any atom is -0.463 e. The van der Waals surface area contributed by atoms with Crippen LogP contribution in [-0.4, -0.2) is 6.86 Å². The Balaban J connectivity index is 1.52. The van der Waals surface area contributed by atoms with E-state index in [1.807, 2.05) is 12.1 Å². The van der Waals surface area contributed by atoms with Gasteiger partial charge in [-0.05, 0) is 73.1 Å². The van der Waals surface area contributed by atoms with Crippen LogP contribution >= 0.6 is 0 Å². The van der Waals surface area contributed by atoms with Crippen molar-refractivity contribution in [1.82, 2.24) is 0 Å². The van der Waals surface area contributed by atoms with E-state index in [2.05, 4.69) is 25.1 Å². The molecule has 0 radical (unpaired) electrons. The molecule has 24 heavy (non-hydrogen) atoms. The Hall–Kier alpha value is -1.31. The second-order valence-corrected chi connectivity index (χ2v) is 7.61. The summed E-state index contributed by atoms with van der Waals surface area (Å²) < 4.78 is 17.1. The van der Waals surface area contributed by atoms with E-state index in [9.17, 15) is 4.39 Å². The molecule has 132 valence electrons. The fourth-order valence-electron chi connectivity index (χ4n) is 4.73. The van der Waals surface area contributed by atoms with Crippen molar-refractivity contribution < 1.29 is 9.13 Å². The van der Waals surface area contributed by atoms with Crippen molar-refractivity contribution in [3.63, 3.8) is 0 Å². The van der Waals surface area contributed by atoms with Crippen LogP contribution in [0.3, 0.4) is 0 Å². The first-order valence-corrected chi connectivity index (χ1v) is 9.78. The van der Waals surface area contributed by atoms with Crippen LogP contribution in [0.2, 0.25) is 0 Å². The Bertz CT molecular complexity index is 525. The molecule has 0 spiro atoms. The molecule has 0 heterocycles. The third-order valence-corrected chi connectivity index (χ3v) is 6.15. The van der Waals surface area contributed by atoms with E-state index in [1.54, 1.807) is 0 Å². The molecule has 1 aromatic carbocycles. The van der Waals surface area contributed by atoms with E-state index in [0.29, 0.717) is 5.75 Å². The summed E-state index contributed by atoms with van der Waals surface area (Å²) in [5.41, 5.74) is 2.73. The van der Waals surface area contributed by atoms with Crippen molar-refractivity contribution >= 4 is 5.57 Å². The molecule has 0 saturated heterocycles. The number of hydrogen-bond donors (Lipinski definition) is 0. The molecule has 0 bridgehead atoms. The van der Waals surface area contributed by atoms with E-state index in [0.717, 1.165) is 17.8 Å². The van der Waals surface area contributed by atoms with Crippen molar-refractivity contribution in [2.45, 2.75) is 64.7 Å². The number of ether oxygens (including phenoxy) is 1. The molecular formula is C22H31FO. The van der Waals surface area contributed by atoms with Gasteiger partial charge in [0.15, 0.2) is 0 Å². The highest BCUT2D eigenvalue weighted by Gasteiger charge is 2.28. The van der Waals surface area contributed by atoms with Gasteiger partial charge in [-0.25, -0.2) is 4.39 Å². The smallest absolute Gasteiger partial charge is 0.228 e. The van der Waals surface area contributed by atoms with Crippen molar-refractivity contribution in [2.24, 2.45) is 17.8 Å². The van der Waals surface area contributed by atoms with E-state index in [4.69, 9.17) is 4.74 Å². The quantitative estimate of drug-likeness (QED) is 0.558. The Morgan fingerprint density at radius 2 is 1.75 bits per heavy atom. The lowest BCUT2D eigenvalue weighted by Crippen LogP contribution is -2.23. The molecule has 1 unspecified atom stereocenters. The first-order valence-electron chi connectivity index (χ1n) is 9.78. The zero-order valence-corrected chi connectivity index (χ0v) is 15.0. The Labute approximate surface area is 146 Å². The lowest BCUT2D eigenvalue weighted by atomic mass is 9.70. The van der Waals surface area contributed by atoms with Crippen molar-refractivity contribution in [3.05, 3.63) is 35.9 Å². The van der Waals surface area contributed by atoms with Gasteiger partial charge in [-0.3, -0.25) is 0 Å². The van der Waals surface area contributed by atoms with Gasteiger partial charge >= 0.3 is 0 Å². The molecule has 1 nitrogen and oxygen atoms in total. The van der Waals surface area contributed by atoms with E-state index >= 15 is 0 Å². The predicted molar refractivity (Wildman–Crippen MR) is 98.7 cm³/mol. The van der Waals surface area contributed by atoms with Gasteiger partial charge in [-0.15, -0.1) is 0 Å². The summed E-state index contributed by atoms with van der Waals surface area (Å²) in [5.74, 6) is 3.46. The van der Waals surface area contributed by atoms with Crippen molar-refractivity contribution in [3.8, 4) is 5.75 Å². The maximum Gasteiger partial charge on any atom is 0.228 e. The Morgan fingerprint density at radius 1 is 1.00 bits per heavy atom. The van der Waals surface area contributed by atoms with Gasteiger partial charge < -0.3 is 4.74 Å². The predicted octanol–water partition coefficient (Wildman–Crippen LogP) is 6.78. The molecule has 2 aliphatic carbocycles. The molecule has 2 aliphatic rings. The molecular weight excluding hydrogens is 299 g/mol. The number of allylic oxidation sites excluding steroid dienone is 2. The van der Waals surface area contributed by atoms with Gasteiger partial charge in [0.05, 0.1) is 0 Å². The molecule has 1 atom stereocenters. The molecule has 0 amide bonds.